The molecule has 8 atom stereocenters. The zero-order chi connectivity index (χ0) is 16.4. The molecule has 0 amide bonds. The topological polar surface area (TPSA) is 44.5 Å². The number of hydrogen-bond donors (Lipinski definition) is 1. The average Bonchev–Trinajstić information content (AvgIpc) is 2.82. The van der Waals surface area contributed by atoms with Crippen LogP contribution >= 0.6 is 0 Å². The van der Waals surface area contributed by atoms with Crippen LogP contribution in [0.25, 0.3) is 0 Å². The molecule has 136 valence electrons. The highest BCUT2D eigenvalue weighted by Crippen LogP contribution is 2.66. The van der Waals surface area contributed by atoms with Crippen LogP contribution in [-0.2, 0) is 9.47 Å². The van der Waals surface area contributed by atoms with Gasteiger partial charge in [0.25, 0.3) is 0 Å². The molecule has 3 heteroatoms. The van der Waals surface area contributed by atoms with E-state index in [2.05, 4.69) is 6.92 Å². The fourth-order valence-electron chi connectivity index (χ4n) is 8.26. The summed E-state index contributed by atoms with van der Waals surface area (Å²) in [6.45, 7) is 5.14. The first-order valence-corrected chi connectivity index (χ1v) is 10.6. The molecule has 0 aromatic carbocycles. The lowest BCUT2D eigenvalue weighted by atomic mass is 9.44. The van der Waals surface area contributed by atoms with Crippen molar-refractivity contribution in [2.75, 3.05) is 19.8 Å². The van der Waals surface area contributed by atoms with E-state index in [1.807, 2.05) is 0 Å². The molecule has 5 rings (SSSR count). The van der Waals surface area contributed by atoms with Gasteiger partial charge < -0.3 is 15.2 Å². The van der Waals surface area contributed by atoms with Crippen LogP contribution in [0.3, 0.4) is 0 Å². The van der Waals surface area contributed by atoms with Crippen molar-refractivity contribution in [3.05, 3.63) is 0 Å². The van der Waals surface area contributed by atoms with E-state index in [9.17, 15) is 0 Å². The minimum atomic E-state index is 0.315. The van der Waals surface area contributed by atoms with Gasteiger partial charge in [-0.05, 0) is 74.0 Å². The van der Waals surface area contributed by atoms with E-state index in [0.717, 1.165) is 43.5 Å². The Kier molecular flexibility index (Phi) is 3.81. The normalized spacial score (nSPS) is 57.2. The molecule has 0 aromatic rings. The fraction of sp³-hybridized carbons (Fsp3) is 1.00. The number of fused-ring (bicyclic) bond motifs is 4. The quantitative estimate of drug-likeness (QED) is 0.734. The Morgan fingerprint density at radius 1 is 0.917 bits per heavy atom. The Bertz CT molecular complexity index is 496. The minimum absolute atomic E-state index is 0.315. The summed E-state index contributed by atoms with van der Waals surface area (Å²) in [5, 5.41) is 0. The molecule has 24 heavy (non-hydrogen) atoms. The molecule has 3 nitrogen and oxygen atoms in total. The first-order valence-electron chi connectivity index (χ1n) is 10.6. The van der Waals surface area contributed by atoms with Crippen LogP contribution in [0.15, 0.2) is 0 Å². The van der Waals surface area contributed by atoms with Crippen molar-refractivity contribution >= 4 is 0 Å². The van der Waals surface area contributed by atoms with Crippen LogP contribution in [0.5, 0.6) is 0 Å². The van der Waals surface area contributed by atoms with Gasteiger partial charge in [-0.1, -0.05) is 19.8 Å². The third kappa shape index (κ3) is 2.07. The maximum absolute atomic E-state index is 6.80. The van der Waals surface area contributed by atoms with E-state index in [0.29, 0.717) is 23.0 Å². The van der Waals surface area contributed by atoms with Crippen molar-refractivity contribution in [1.29, 1.82) is 0 Å². The summed E-state index contributed by atoms with van der Waals surface area (Å²) in [7, 11) is 0. The molecule has 0 radical (unpaired) electrons. The van der Waals surface area contributed by atoms with Crippen LogP contribution < -0.4 is 5.73 Å². The summed E-state index contributed by atoms with van der Waals surface area (Å²) < 4.78 is 12.3. The Hall–Kier alpha value is -0.120. The Labute approximate surface area is 147 Å². The third-order valence-electron chi connectivity index (χ3n) is 9.23. The summed E-state index contributed by atoms with van der Waals surface area (Å²) >= 11 is 0. The molecule has 4 saturated carbocycles. The van der Waals surface area contributed by atoms with E-state index in [1.54, 1.807) is 0 Å². The number of hydrogen-bond acceptors (Lipinski definition) is 3. The minimum Gasteiger partial charge on any atom is -0.378 e. The molecule has 0 aromatic heterocycles. The van der Waals surface area contributed by atoms with Gasteiger partial charge in [0.15, 0.2) is 0 Å². The molecule has 0 bridgehead atoms. The molecule has 5 fully saturated rings. The van der Waals surface area contributed by atoms with E-state index < -0.39 is 0 Å². The Morgan fingerprint density at radius 3 is 2.75 bits per heavy atom. The van der Waals surface area contributed by atoms with Gasteiger partial charge in [-0.25, -0.2) is 0 Å². The standard InChI is InChI=1S/C21H35NO2/c1-20-8-3-2-4-17(20)18(22)12-14-15(20)7-9-21-13-23-10-11-24-19(21)6-5-16(14)21/h14-19H,2-13,22H2,1H3/t14-,15+,16+,17?,18+,19?,20-,21-/m1/s1. The molecule has 1 saturated heterocycles. The van der Waals surface area contributed by atoms with Gasteiger partial charge in [0.1, 0.15) is 0 Å². The van der Waals surface area contributed by atoms with Gasteiger partial charge in [-0.3, -0.25) is 0 Å². The lowest BCUT2D eigenvalue weighted by Crippen LogP contribution is -2.60. The van der Waals surface area contributed by atoms with Crippen molar-refractivity contribution < 1.29 is 9.47 Å². The largest absolute Gasteiger partial charge is 0.378 e. The highest BCUT2D eigenvalue weighted by atomic mass is 16.5. The molecule has 5 aliphatic rings. The van der Waals surface area contributed by atoms with Crippen molar-refractivity contribution in [3.63, 3.8) is 0 Å². The van der Waals surface area contributed by atoms with Crippen molar-refractivity contribution in [1.82, 2.24) is 0 Å². The van der Waals surface area contributed by atoms with Crippen LogP contribution in [0, 0.1) is 34.5 Å². The zero-order valence-corrected chi connectivity index (χ0v) is 15.3. The molecule has 1 spiro atoms. The first-order chi connectivity index (χ1) is 11.7. The van der Waals surface area contributed by atoms with Gasteiger partial charge >= 0.3 is 0 Å². The van der Waals surface area contributed by atoms with Gasteiger partial charge in [-0.15, -0.1) is 0 Å². The summed E-state index contributed by atoms with van der Waals surface area (Å²) in [6.07, 6.45) is 12.7. The van der Waals surface area contributed by atoms with E-state index in [4.69, 9.17) is 15.2 Å². The molecule has 2 unspecified atom stereocenters. The van der Waals surface area contributed by atoms with E-state index >= 15 is 0 Å². The highest BCUT2D eigenvalue weighted by Gasteiger charge is 2.63. The maximum atomic E-state index is 6.80. The molecule has 2 N–H and O–H groups in total. The fourth-order valence-corrected chi connectivity index (χ4v) is 8.26. The predicted molar refractivity (Wildman–Crippen MR) is 94.6 cm³/mol. The Balaban J connectivity index is 1.49. The SMILES string of the molecule is C[C@]12CCCCC1[C@@H](N)C[C@H]1[C@@H]3CCC4OCCOC[C@@]43CC[C@@H]12. The average molecular weight is 334 g/mol. The molecule has 1 aliphatic heterocycles. The summed E-state index contributed by atoms with van der Waals surface area (Å²) in [5.41, 5.74) is 7.62. The van der Waals surface area contributed by atoms with Crippen molar-refractivity contribution in [2.45, 2.75) is 76.9 Å². The zero-order valence-electron chi connectivity index (χ0n) is 15.3. The van der Waals surface area contributed by atoms with Gasteiger partial charge in [0.2, 0.25) is 0 Å². The van der Waals surface area contributed by atoms with Gasteiger partial charge in [0, 0.05) is 11.5 Å². The highest BCUT2D eigenvalue weighted by molar-refractivity contribution is 5.12. The van der Waals surface area contributed by atoms with E-state index in [-0.39, 0.29) is 0 Å². The van der Waals surface area contributed by atoms with E-state index in [1.165, 1.54) is 57.8 Å². The number of ether oxygens (including phenoxy) is 2. The van der Waals surface area contributed by atoms with Crippen LogP contribution in [0.1, 0.15) is 64.7 Å². The van der Waals surface area contributed by atoms with Gasteiger partial charge in [0.05, 0.1) is 25.9 Å². The van der Waals surface area contributed by atoms with Crippen LogP contribution in [-0.4, -0.2) is 32.0 Å². The molecular weight excluding hydrogens is 298 g/mol. The monoisotopic (exact) mass is 333 g/mol. The molecule has 4 aliphatic carbocycles. The first kappa shape index (κ1) is 16.1. The summed E-state index contributed by atoms with van der Waals surface area (Å²) in [4.78, 5) is 0. The second kappa shape index (κ2) is 5.69. The summed E-state index contributed by atoms with van der Waals surface area (Å²) in [5.74, 6) is 3.30. The van der Waals surface area contributed by atoms with Crippen LogP contribution in [0.2, 0.25) is 0 Å². The predicted octanol–water partition coefficient (Wildman–Crippen LogP) is 3.75. The molecule has 1 heterocycles. The lowest BCUT2D eigenvalue weighted by Gasteiger charge is -2.62. The second-order valence-electron chi connectivity index (χ2n) is 9.90. The third-order valence-corrected chi connectivity index (χ3v) is 9.23. The number of nitrogens with two attached hydrogens (primary N) is 1. The second-order valence-corrected chi connectivity index (χ2v) is 9.90. The smallest absolute Gasteiger partial charge is 0.0704 e. The maximum Gasteiger partial charge on any atom is 0.0704 e. The number of rotatable bonds is 0. The summed E-state index contributed by atoms with van der Waals surface area (Å²) in [6, 6.07) is 0.429. The van der Waals surface area contributed by atoms with Crippen molar-refractivity contribution in [3.8, 4) is 0 Å². The Morgan fingerprint density at radius 2 is 1.83 bits per heavy atom. The van der Waals surface area contributed by atoms with Crippen LogP contribution in [0.4, 0.5) is 0 Å². The van der Waals surface area contributed by atoms with Gasteiger partial charge in [-0.2, -0.15) is 0 Å². The van der Waals surface area contributed by atoms with Crippen molar-refractivity contribution in [2.24, 2.45) is 40.2 Å². The molecular formula is C21H35NO2. The lowest BCUT2D eigenvalue weighted by molar-refractivity contribution is -0.144.